The molecule has 3 aromatic rings. The second-order valence-electron chi connectivity index (χ2n) is 7.85. The van der Waals surface area contributed by atoms with Gasteiger partial charge in [0.25, 0.3) is 5.91 Å². The van der Waals surface area contributed by atoms with Crippen LogP contribution in [0.1, 0.15) is 27.5 Å². The summed E-state index contributed by atoms with van der Waals surface area (Å²) < 4.78 is 46.2. The first-order chi connectivity index (χ1) is 15.4. The molecule has 1 amide bonds. The fourth-order valence-electron chi connectivity index (χ4n) is 3.60. The molecule has 0 unspecified atom stereocenters. The fraction of sp³-hybridized carbons (Fsp3) is 0.304. The number of nitrogens with one attached hydrogen (secondary N) is 1. The second kappa shape index (κ2) is 9.54. The van der Waals surface area contributed by atoms with Gasteiger partial charge in [0.05, 0.1) is 12.2 Å². The van der Waals surface area contributed by atoms with Crippen molar-refractivity contribution in [1.82, 2.24) is 14.8 Å². The number of nitrogens with zero attached hydrogens (tertiary/aromatic N) is 3. The van der Waals surface area contributed by atoms with Crippen molar-refractivity contribution < 1.29 is 22.4 Å². The van der Waals surface area contributed by atoms with Crippen molar-refractivity contribution in [1.29, 1.82) is 0 Å². The van der Waals surface area contributed by atoms with E-state index in [9.17, 15) is 18.0 Å². The molecular formula is C23H23F3N4O2. The molecule has 32 heavy (non-hydrogen) atoms. The number of benzene rings is 2. The van der Waals surface area contributed by atoms with E-state index in [1.807, 2.05) is 0 Å². The minimum absolute atomic E-state index is 0.0753. The summed E-state index contributed by atoms with van der Waals surface area (Å²) in [6.07, 6.45) is 1.26. The number of anilines is 1. The molecule has 2 heterocycles. The van der Waals surface area contributed by atoms with Crippen LogP contribution in [0.5, 0.6) is 0 Å². The Kier molecular flexibility index (Phi) is 6.57. The largest absolute Gasteiger partial charge is 0.447 e. The quantitative estimate of drug-likeness (QED) is 0.624. The number of hydrogen-bond donors (Lipinski definition) is 1. The summed E-state index contributed by atoms with van der Waals surface area (Å²) >= 11 is 0. The molecule has 0 saturated carbocycles. The molecule has 1 aliphatic rings. The summed E-state index contributed by atoms with van der Waals surface area (Å²) in [5, 5.41) is 2.51. The summed E-state index contributed by atoms with van der Waals surface area (Å²) in [5.74, 6) is -1.80. The minimum atomic E-state index is -0.584. The number of oxazole rings is 1. The standard InChI is InChI=1S/C23H23F3N4O2/c1-15-2-5-18(25)20(10-15)28-23(31)21-14-32-22(27-21)13-30-8-6-29(7-9-30)12-16-3-4-17(24)11-19(16)26/h2-5,10-11,14H,6-9,12-13H2,1H3,(H,28,31). The van der Waals surface area contributed by atoms with Gasteiger partial charge in [0.15, 0.2) is 5.69 Å². The van der Waals surface area contributed by atoms with Gasteiger partial charge in [-0.25, -0.2) is 18.2 Å². The summed E-state index contributed by atoms with van der Waals surface area (Å²) in [4.78, 5) is 20.8. The molecular weight excluding hydrogens is 421 g/mol. The lowest BCUT2D eigenvalue weighted by molar-refractivity contribution is 0.102. The number of amides is 1. The predicted octanol–water partition coefficient (Wildman–Crippen LogP) is 3.97. The maximum Gasteiger partial charge on any atom is 0.277 e. The molecule has 4 rings (SSSR count). The summed E-state index contributed by atoms with van der Waals surface area (Å²) in [6, 6.07) is 8.09. The van der Waals surface area contributed by atoms with Crippen LogP contribution in [-0.2, 0) is 13.1 Å². The highest BCUT2D eigenvalue weighted by Crippen LogP contribution is 2.18. The molecule has 1 fully saturated rings. The molecule has 1 aromatic heterocycles. The monoisotopic (exact) mass is 444 g/mol. The van der Waals surface area contributed by atoms with Crippen molar-refractivity contribution in [2.75, 3.05) is 31.5 Å². The van der Waals surface area contributed by atoms with Gasteiger partial charge in [-0.2, -0.15) is 0 Å². The molecule has 0 atom stereocenters. The minimum Gasteiger partial charge on any atom is -0.447 e. The number of aromatic nitrogens is 1. The zero-order valence-corrected chi connectivity index (χ0v) is 17.6. The Labute approximate surface area is 183 Å². The van der Waals surface area contributed by atoms with Crippen LogP contribution in [0.3, 0.4) is 0 Å². The van der Waals surface area contributed by atoms with E-state index in [1.54, 1.807) is 19.1 Å². The third-order valence-electron chi connectivity index (χ3n) is 5.39. The van der Waals surface area contributed by atoms with Crippen LogP contribution in [0.15, 0.2) is 47.1 Å². The number of hydrogen-bond acceptors (Lipinski definition) is 5. The van der Waals surface area contributed by atoms with E-state index < -0.39 is 23.4 Å². The first-order valence-electron chi connectivity index (χ1n) is 10.3. The number of halogens is 3. The van der Waals surface area contributed by atoms with Gasteiger partial charge in [0.2, 0.25) is 5.89 Å². The van der Waals surface area contributed by atoms with E-state index in [1.165, 1.54) is 24.5 Å². The normalized spacial score (nSPS) is 15.1. The van der Waals surface area contributed by atoms with Gasteiger partial charge in [0, 0.05) is 44.4 Å². The van der Waals surface area contributed by atoms with E-state index in [4.69, 9.17) is 4.42 Å². The molecule has 0 bridgehead atoms. The Morgan fingerprint density at radius 1 is 1.00 bits per heavy atom. The topological polar surface area (TPSA) is 61.6 Å². The molecule has 1 aliphatic heterocycles. The van der Waals surface area contributed by atoms with Crippen molar-refractivity contribution in [2.24, 2.45) is 0 Å². The number of aryl methyl sites for hydroxylation is 1. The Bertz CT molecular complexity index is 1110. The summed E-state index contributed by atoms with van der Waals surface area (Å²) in [5.41, 5.74) is 1.46. The molecule has 6 nitrogen and oxygen atoms in total. The highest BCUT2D eigenvalue weighted by atomic mass is 19.1. The van der Waals surface area contributed by atoms with Gasteiger partial charge in [-0.3, -0.25) is 14.6 Å². The van der Waals surface area contributed by atoms with E-state index in [0.29, 0.717) is 50.7 Å². The SMILES string of the molecule is Cc1ccc(F)c(NC(=O)c2coc(CN3CCN(Cc4ccc(F)cc4F)CC3)n2)c1. The lowest BCUT2D eigenvalue weighted by Crippen LogP contribution is -2.45. The molecule has 2 aromatic carbocycles. The van der Waals surface area contributed by atoms with Gasteiger partial charge in [-0.1, -0.05) is 12.1 Å². The van der Waals surface area contributed by atoms with Crippen LogP contribution < -0.4 is 5.32 Å². The lowest BCUT2D eigenvalue weighted by Gasteiger charge is -2.34. The number of carbonyl (C=O) groups is 1. The van der Waals surface area contributed by atoms with Crippen molar-refractivity contribution in [3.63, 3.8) is 0 Å². The van der Waals surface area contributed by atoms with Gasteiger partial charge in [-0.15, -0.1) is 0 Å². The van der Waals surface area contributed by atoms with E-state index in [2.05, 4.69) is 20.1 Å². The Hall–Kier alpha value is -3.17. The van der Waals surface area contributed by atoms with E-state index in [0.717, 1.165) is 11.6 Å². The maximum absolute atomic E-state index is 13.9. The maximum atomic E-state index is 13.9. The highest BCUT2D eigenvalue weighted by Gasteiger charge is 2.21. The van der Waals surface area contributed by atoms with Crippen LogP contribution >= 0.6 is 0 Å². The number of carbonyl (C=O) groups excluding carboxylic acids is 1. The molecule has 168 valence electrons. The average molecular weight is 444 g/mol. The lowest BCUT2D eigenvalue weighted by atomic mass is 10.2. The smallest absolute Gasteiger partial charge is 0.277 e. The van der Waals surface area contributed by atoms with Crippen LogP contribution in [0.2, 0.25) is 0 Å². The van der Waals surface area contributed by atoms with Gasteiger partial charge < -0.3 is 9.73 Å². The van der Waals surface area contributed by atoms with Crippen molar-refractivity contribution in [2.45, 2.75) is 20.0 Å². The molecule has 0 aliphatic carbocycles. The number of piperazine rings is 1. The van der Waals surface area contributed by atoms with Crippen LogP contribution in [0.25, 0.3) is 0 Å². The van der Waals surface area contributed by atoms with Crippen molar-refractivity contribution >= 4 is 11.6 Å². The van der Waals surface area contributed by atoms with Crippen molar-refractivity contribution in [3.8, 4) is 0 Å². The van der Waals surface area contributed by atoms with E-state index >= 15 is 0 Å². The van der Waals surface area contributed by atoms with Crippen LogP contribution in [0, 0.1) is 24.4 Å². The van der Waals surface area contributed by atoms with Crippen LogP contribution in [-0.4, -0.2) is 46.9 Å². The third-order valence-corrected chi connectivity index (χ3v) is 5.39. The van der Waals surface area contributed by atoms with Gasteiger partial charge >= 0.3 is 0 Å². The molecule has 0 radical (unpaired) electrons. The highest BCUT2D eigenvalue weighted by molar-refractivity contribution is 6.02. The number of rotatable bonds is 6. The summed E-state index contributed by atoms with van der Waals surface area (Å²) in [7, 11) is 0. The molecule has 0 spiro atoms. The fourth-order valence-corrected chi connectivity index (χ4v) is 3.60. The third kappa shape index (κ3) is 5.35. The predicted molar refractivity (Wildman–Crippen MR) is 113 cm³/mol. The van der Waals surface area contributed by atoms with Gasteiger partial charge in [-0.05, 0) is 30.7 Å². The first-order valence-corrected chi connectivity index (χ1v) is 10.3. The molecule has 1 N–H and O–H groups in total. The first kappa shape index (κ1) is 22.0. The van der Waals surface area contributed by atoms with Gasteiger partial charge in [0.1, 0.15) is 23.7 Å². The van der Waals surface area contributed by atoms with Crippen molar-refractivity contribution in [3.05, 3.63) is 82.8 Å². The Balaban J connectivity index is 1.29. The average Bonchev–Trinajstić information content (AvgIpc) is 3.23. The zero-order valence-electron chi connectivity index (χ0n) is 17.6. The van der Waals surface area contributed by atoms with E-state index in [-0.39, 0.29) is 11.4 Å². The molecule has 1 saturated heterocycles. The van der Waals surface area contributed by atoms with Crippen LogP contribution in [0.4, 0.5) is 18.9 Å². The molecule has 9 heteroatoms. The zero-order chi connectivity index (χ0) is 22.7. The second-order valence-corrected chi connectivity index (χ2v) is 7.85. The Morgan fingerprint density at radius 2 is 1.72 bits per heavy atom. The Morgan fingerprint density at radius 3 is 2.44 bits per heavy atom. The summed E-state index contributed by atoms with van der Waals surface area (Å²) in [6.45, 7) is 5.47.